The molecule has 2 heterocycles. The monoisotopic (exact) mass is 417 g/mol. The van der Waals surface area contributed by atoms with Crippen molar-refractivity contribution in [3.63, 3.8) is 0 Å². The number of aromatic nitrogens is 3. The van der Waals surface area contributed by atoms with Crippen LogP contribution in [0.4, 0.5) is 0 Å². The molecule has 0 spiro atoms. The third-order valence-corrected chi connectivity index (χ3v) is 7.97. The second-order valence-electron chi connectivity index (χ2n) is 6.93. The van der Waals surface area contributed by atoms with Crippen LogP contribution in [-0.2, 0) is 9.84 Å². The van der Waals surface area contributed by atoms with E-state index in [1.807, 2.05) is 18.2 Å². The number of thioether (sulfide) groups is 1. The van der Waals surface area contributed by atoms with Gasteiger partial charge in [0, 0.05) is 11.8 Å². The van der Waals surface area contributed by atoms with Gasteiger partial charge in [0.2, 0.25) is 5.82 Å². The number of nitrogens with zero attached hydrogens (tertiary/aromatic N) is 3. The zero-order valence-electron chi connectivity index (χ0n) is 15.5. The molecule has 0 atom stereocenters. The van der Waals surface area contributed by atoms with Crippen LogP contribution >= 0.6 is 11.8 Å². The molecule has 148 valence electrons. The maximum Gasteiger partial charge on any atom is 0.200 e. The molecule has 8 heteroatoms. The number of rotatable bonds is 7. The van der Waals surface area contributed by atoms with Crippen molar-refractivity contribution in [3.8, 4) is 11.6 Å². The van der Waals surface area contributed by atoms with E-state index in [4.69, 9.17) is 4.42 Å². The minimum absolute atomic E-state index is 0.0648. The summed E-state index contributed by atoms with van der Waals surface area (Å²) in [7, 11) is -3.30. The highest BCUT2D eigenvalue weighted by Crippen LogP contribution is 2.35. The molecule has 0 N–H and O–H groups in total. The van der Waals surface area contributed by atoms with Gasteiger partial charge in [-0.15, -0.1) is 10.2 Å². The summed E-state index contributed by atoms with van der Waals surface area (Å²) in [6.45, 7) is 0. The first-order chi connectivity index (χ1) is 13.6. The fraction of sp³-hybridized carbons (Fsp3) is 0.400. The fourth-order valence-electron chi connectivity index (χ4n) is 3.61. The first kappa shape index (κ1) is 19.3. The minimum atomic E-state index is -3.30. The van der Waals surface area contributed by atoms with Crippen molar-refractivity contribution in [1.29, 1.82) is 0 Å². The lowest BCUT2D eigenvalue weighted by molar-refractivity contribution is 0.337. The molecular weight excluding hydrogens is 394 g/mol. The van der Waals surface area contributed by atoms with E-state index < -0.39 is 9.84 Å². The van der Waals surface area contributed by atoms with Gasteiger partial charge >= 0.3 is 0 Å². The van der Waals surface area contributed by atoms with Gasteiger partial charge < -0.3 is 4.42 Å². The third-order valence-electron chi connectivity index (χ3n) is 5.03. The predicted molar refractivity (Wildman–Crippen MR) is 109 cm³/mol. The van der Waals surface area contributed by atoms with E-state index in [-0.39, 0.29) is 5.75 Å². The molecule has 0 saturated heterocycles. The van der Waals surface area contributed by atoms with Crippen LogP contribution in [0.2, 0.25) is 0 Å². The van der Waals surface area contributed by atoms with Crippen LogP contribution in [0.5, 0.6) is 0 Å². The van der Waals surface area contributed by atoms with Crippen molar-refractivity contribution in [3.05, 3.63) is 48.7 Å². The Balaban J connectivity index is 1.53. The Labute approximate surface area is 169 Å². The van der Waals surface area contributed by atoms with Crippen molar-refractivity contribution in [1.82, 2.24) is 14.8 Å². The number of sulfone groups is 1. The van der Waals surface area contributed by atoms with Crippen molar-refractivity contribution < 1.29 is 12.8 Å². The molecule has 1 aliphatic rings. The van der Waals surface area contributed by atoms with Crippen molar-refractivity contribution >= 4 is 21.6 Å². The van der Waals surface area contributed by atoms with Crippen LogP contribution in [0.25, 0.3) is 11.6 Å². The summed E-state index contributed by atoms with van der Waals surface area (Å²) in [5, 5.41) is 9.48. The second-order valence-corrected chi connectivity index (χ2v) is 10.1. The van der Waals surface area contributed by atoms with Crippen LogP contribution in [0.1, 0.15) is 38.1 Å². The van der Waals surface area contributed by atoms with Gasteiger partial charge in [-0.1, -0.05) is 49.2 Å². The molecule has 0 bridgehead atoms. The average molecular weight is 418 g/mol. The van der Waals surface area contributed by atoms with Gasteiger partial charge in [-0.2, -0.15) is 0 Å². The molecule has 1 aliphatic carbocycles. The van der Waals surface area contributed by atoms with Gasteiger partial charge in [0.15, 0.2) is 20.8 Å². The molecule has 1 aromatic carbocycles. The van der Waals surface area contributed by atoms with Gasteiger partial charge in [0.05, 0.1) is 16.9 Å². The zero-order chi connectivity index (χ0) is 19.4. The Morgan fingerprint density at radius 1 is 1.04 bits per heavy atom. The molecule has 1 fully saturated rings. The smallest absolute Gasteiger partial charge is 0.200 e. The second kappa shape index (κ2) is 8.53. The summed E-state index contributed by atoms with van der Waals surface area (Å²) < 4.78 is 32.8. The van der Waals surface area contributed by atoms with Crippen molar-refractivity contribution in [2.45, 2.75) is 48.2 Å². The molecule has 6 nitrogen and oxygen atoms in total. The highest BCUT2D eigenvalue weighted by Gasteiger charge is 2.25. The summed E-state index contributed by atoms with van der Waals surface area (Å²) in [6, 6.07) is 12.6. The van der Waals surface area contributed by atoms with E-state index in [9.17, 15) is 8.42 Å². The molecule has 0 amide bonds. The van der Waals surface area contributed by atoms with Crippen molar-refractivity contribution in [2.75, 3.05) is 11.5 Å². The van der Waals surface area contributed by atoms with Crippen LogP contribution < -0.4 is 0 Å². The number of benzene rings is 1. The van der Waals surface area contributed by atoms with Crippen LogP contribution in [0, 0.1) is 0 Å². The summed E-state index contributed by atoms with van der Waals surface area (Å²) in [6.07, 6.45) is 7.43. The van der Waals surface area contributed by atoms with Gasteiger partial charge in [0.25, 0.3) is 0 Å². The van der Waals surface area contributed by atoms with Crippen molar-refractivity contribution in [2.24, 2.45) is 0 Å². The lowest BCUT2D eigenvalue weighted by Gasteiger charge is -2.25. The number of hydrogen-bond acceptors (Lipinski definition) is 6. The summed E-state index contributed by atoms with van der Waals surface area (Å²) in [5.41, 5.74) is 0. The molecule has 3 aromatic rings. The molecule has 1 saturated carbocycles. The quantitative estimate of drug-likeness (QED) is 0.523. The molecule has 4 rings (SSSR count). The Bertz CT molecular complexity index is 993. The van der Waals surface area contributed by atoms with E-state index in [1.165, 1.54) is 31.0 Å². The Morgan fingerprint density at radius 2 is 1.82 bits per heavy atom. The molecule has 0 radical (unpaired) electrons. The first-order valence-corrected chi connectivity index (χ1v) is 12.2. The predicted octanol–water partition coefficient (Wildman–Crippen LogP) is 4.61. The minimum Gasteiger partial charge on any atom is -0.461 e. The third kappa shape index (κ3) is 4.17. The summed E-state index contributed by atoms with van der Waals surface area (Å²) in [5.74, 6) is 1.92. The standard InChI is InChI=1S/C20H23N3O3S2/c24-28(25,17-10-5-2-6-11-17)15-14-27-20-22-21-19(18-12-7-13-26-18)23(20)16-8-3-1-4-9-16/h2,5-7,10-13,16H,1,3-4,8-9,14-15H2. The molecule has 2 aromatic heterocycles. The van der Waals surface area contributed by atoms with Gasteiger partial charge in [-0.3, -0.25) is 4.57 Å². The van der Waals surface area contributed by atoms with Crippen LogP contribution in [-0.4, -0.2) is 34.7 Å². The molecule has 28 heavy (non-hydrogen) atoms. The largest absolute Gasteiger partial charge is 0.461 e. The van der Waals surface area contributed by atoms with E-state index in [0.717, 1.165) is 23.8 Å². The normalized spacial score (nSPS) is 15.7. The van der Waals surface area contributed by atoms with E-state index >= 15 is 0 Å². The van der Waals surface area contributed by atoms with Gasteiger partial charge in [-0.05, 0) is 37.1 Å². The SMILES string of the molecule is O=S(=O)(CCSc1nnc(-c2ccco2)n1C1CCCCC1)c1ccccc1. The maximum absolute atomic E-state index is 12.5. The fourth-order valence-corrected chi connectivity index (χ4v) is 6.28. The summed E-state index contributed by atoms with van der Waals surface area (Å²) >= 11 is 1.45. The number of furan rings is 1. The van der Waals surface area contributed by atoms with Gasteiger partial charge in [-0.25, -0.2) is 8.42 Å². The lowest BCUT2D eigenvalue weighted by atomic mass is 9.95. The summed E-state index contributed by atoms with van der Waals surface area (Å²) in [4.78, 5) is 0.362. The molecule has 0 aliphatic heterocycles. The first-order valence-electron chi connectivity index (χ1n) is 9.54. The van der Waals surface area contributed by atoms with Crippen LogP contribution in [0.15, 0.2) is 63.2 Å². The highest BCUT2D eigenvalue weighted by atomic mass is 32.2. The maximum atomic E-state index is 12.5. The Morgan fingerprint density at radius 3 is 2.54 bits per heavy atom. The topological polar surface area (TPSA) is 78.0 Å². The van der Waals surface area contributed by atoms with Gasteiger partial charge in [0.1, 0.15) is 0 Å². The van der Waals surface area contributed by atoms with E-state index in [0.29, 0.717) is 22.5 Å². The van der Waals surface area contributed by atoms with E-state index in [1.54, 1.807) is 30.5 Å². The molecule has 0 unspecified atom stereocenters. The van der Waals surface area contributed by atoms with Crippen LogP contribution in [0.3, 0.4) is 0 Å². The van der Waals surface area contributed by atoms with E-state index in [2.05, 4.69) is 14.8 Å². The molecular formula is C20H23N3O3S2. The Hall–Kier alpha value is -2.06. The highest BCUT2D eigenvalue weighted by molar-refractivity contribution is 8.00. The number of hydrogen-bond donors (Lipinski definition) is 0. The lowest BCUT2D eigenvalue weighted by Crippen LogP contribution is -2.15. The zero-order valence-corrected chi connectivity index (χ0v) is 17.2. The Kier molecular flexibility index (Phi) is 5.87. The average Bonchev–Trinajstić information content (AvgIpc) is 3.39.